The molecule has 4 rings (SSSR count). The third kappa shape index (κ3) is 5.41. The molecule has 0 aliphatic rings. The molecule has 0 fully saturated rings. The first-order valence-corrected chi connectivity index (χ1v) is 11.4. The number of carbonyl (C=O) groups is 2. The van der Waals surface area contributed by atoms with Gasteiger partial charge in [0.05, 0.1) is 6.42 Å². The molecular formula is C30H27NO3. The van der Waals surface area contributed by atoms with E-state index >= 15 is 0 Å². The fourth-order valence-electron chi connectivity index (χ4n) is 4.00. The van der Waals surface area contributed by atoms with Crippen LogP contribution in [0.3, 0.4) is 0 Å². The summed E-state index contributed by atoms with van der Waals surface area (Å²) in [7, 11) is 0. The summed E-state index contributed by atoms with van der Waals surface area (Å²) in [6, 6.07) is 37.7. The third-order valence-corrected chi connectivity index (χ3v) is 5.68. The summed E-state index contributed by atoms with van der Waals surface area (Å²) in [5.74, 6) is -0.848. The highest BCUT2D eigenvalue weighted by molar-refractivity contribution is 5.93. The average molecular weight is 450 g/mol. The summed E-state index contributed by atoms with van der Waals surface area (Å²) in [5, 5.41) is 3.02. The monoisotopic (exact) mass is 449 g/mol. The molecule has 0 spiro atoms. The summed E-state index contributed by atoms with van der Waals surface area (Å²) in [5.41, 5.74) is 1.53. The second-order valence-electron chi connectivity index (χ2n) is 8.04. The van der Waals surface area contributed by atoms with Crippen LogP contribution in [0.2, 0.25) is 0 Å². The minimum Gasteiger partial charge on any atom is -0.439 e. The van der Waals surface area contributed by atoms with Crippen LogP contribution >= 0.6 is 0 Å². The normalized spacial score (nSPS) is 10.9. The van der Waals surface area contributed by atoms with Crippen LogP contribution in [0, 0.1) is 0 Å². The van der Waals surface area contributed by atoms with E-state index in [1.54, 1.807) is 0 Å². The van der Waals surface area contributed by atoms with Gasteiger partial charge in [-0.05, 0) is 17.5 Å². The topological polar surface area (TPSA) is 55.4 Å². The van der Waals surface area contributed by atoms with Gasteiger partial charge < -0.3 is 10.1 Å². The first-order chi connectivity index (χ1) is 16.7. The fourth-order valence-corrected chi connectivity index (χ4v) is 4.00. The van der Waals surface area contributed by atoms with Gasteiger partial charge in [-0.1, -0.05) is 121 Å². The molecule has 34 heavy (non-hydrogen) atoms. The Hall–Kier alpha value is -4.18. The van der Waals surface area contributed by atoms with E-state index in [-0.39, 0.29) is 12.3 Å². The Balaban J connectivity index is 1.67. The molecular weight excluding hydrogens is 422 g/mol. The first-order valence-electron chi connectivity index (χ1n) is 11.4. The van der Waals surface area contributed by atoms with Crippen molar-refractivity contribution in [1.82, 2.24) is 5.32 Å². The van der Waals surface area contributed by atoms with E-state index in [4.69, 9.17) is 4.74 Å². The zero-order chi connectivity index (χ0) is 23.6. The van der Waals surface area contributed by atoms with Crippen LogP contribution in [0.5, 0.6) is 0 Å². The molecule has 0 unspecified atom stereocenters. The average Bonchev–Trinajstić information content (AvgIpc) is 2.89. The number of ether oxygens (including phenoxy) is 1. The maximum absolute atomic E-state index is 13.9. The Labute approximate surface area is 200 Å². The van der Waals surface area contributed by atoms with E-state index in [9.17, 15) is 9.59 Å². The molecule has 0 atom stereocenters. The highest BCUT2D eigenvalue weighted by Gasteiger charge is 2.46. The number of benzene rings is 4. The molecule has 0 saturated carbocycles. The molecule has 0 aliphatic carbocycles. The zero-order valence-electron chi connectivity index (χ0n) is 18.9. The SMILES string of the molecule is O=C(Cc1ccccc1)OC(C(=O)NCCc1ccccc1)(c1ccccc1)c1ccccc1. The van der Waals surface area contributed by atoms with Gasteiger partial charge >= 0.3 is 5.97 Å². The van der Waals surface area contributed by atoms with Gasteiger partial charge in [-0.15, -0.1) is 0 Å². The molecule has 0 heterocycles. The molecule has 0 bridgehead atoms. The van der Waals surface area contributed by atoms with Gasteiger partial charge in [-0.2, -0.15) is 0 Å². The van der Waals surface area contributed by atoms with Crippen molar-refractivity contribution in [2.45, 2.75) is 18.4 Å². The lowest BCUT2D eigenvalue weighted by Crippen LogP contribution is -2.49. The van der Waals surface area contributed by atoms with Crippen LogP contribution in [-0.2, 0) is 32.8 Å². The quantitative estimate of drug-likeness (QED) is 0.363. The molecule has 4 aromatic rings. The highest BCUT2D eigenvalue weighted by atomic mass is 16.6. The molecule has 4 nitrogen and oxygen atoms in total. The molecule has 0 saturated heterocycles. The van der Waals surface area contributed by atoms with Crippen molar-refractivity contribution >= 4 is 11.9 Å². The standard InChI is InChI=1S/C30H27NO3/c32-28(23-25-15-7-2-8-16-25)34-30(26-17-9-3-10-18-26,27-19-11-4-12-20-27)29(33)31-22-21-24-13-5-1-6-14-24/h1-20H,21-23H2,(H,31,33). The first kappa shape index (κ1) is 23.0. The van der Waals surface area contributed by atoms with E-state index in [0.29, 0.717) is 24.1 Å². The number of rotatable bonds is 9. The maximum Gasteiger partial charge on any atom is 0.312 e. The summed E-state index contributed by atoms with van der Waals surface area (Å²) in [6.07, 6.45) is 0.740. The molecule has 0 aliphatic heterocycles. The lowest BCUT2D eigenvalue weighted by molar-refractivity contribution is -0.165. The predicted octanol–water partition coefficient (Wildman–Crippen LogP) is 5.08. The van der Waals surface area contributed by atoms with Gasteiger partial charge in [0, 0.05) is 17.7 Å². The van der Waals surface area contributed by atoms with Crippen molar-refractivity contribution < 1.29 is 14.3 Å². The van der Waals surface area contributed by atoms with Crippen molar-refractivity contribution in [3.8, 4) is 0 Å². The number of nitrogens with one attached hydrogen (secondary N) is 1. The maximum atomic E-state index is 13.9. The molecule has 4 heteroatoms. The molecule has 1 N–H and O–H groups in total. The van der Waals surface area contributed by atoms with Crippen molar-refractivity contribution in [3.05, 3.63) is 144 Å². The summed E-state index contributed by atoms with van der Waals surface area (Å²) in [6.45, 7) is 0.417. The second kappa shape index (κ2) is 11.1. The van der Waals surface area contributed by atoms with E-state index in [1.165, 1.54) is 0 Å². The van der Waals surface area contributed by atoms with Crippen LogP contribution in [0.1, 0.15) is 22.3 Å². The van der Waals surface area contributed by atoms with Crippen LogP contribution in [0.25, 0.3) is 0 Å². The number of carbonyl (C=O) groups excluding carboxylic acids is 2. The number of esters is 1. The van der Waals surface area contributed by atoms with Gasteiger partial charge in [-0.25, -0.2) is 0 Å². The lowest BCUT2D eigenvalue weighted by Gasteiger charge is -2.33. The Morgan fingerprint density at radius 1 is 0.618 bits per heavy atom. The number of amides is 1. The van der Waals surface area contributed by atoms with E-state index in [1.807, 2.05) is 121 Å². The van der Waals surface area contributed by atoms with Crippen molar-refractivity contribution in [2.75, 3.05) is 6.54 Å². The third-order valence-electron chi connectivity index (χ3n) is 5.68. The van der Waals surface area contributed by atoms with Gasteiger partial charge in [-0.3, -0.25) is 9.59 Å². The summed E-state index contributed by atoms with van der Waals surface area (Å²) < 4.78 is 6.13. The van der Waals surface area contributed by atoms with Crippen LogP contribution < -0.4 is 5.32 Å². The molecule has 1 amide bonds. The Morgan fingerprint density at radius 3 is 1.56 bits per heavy atom. The van der Waals surface area contributed by atoms with Gasteiger partial charge in [0.1, 0.15) is 0 Å². The van der Waals surface area contributed by atoms with Crippen LogP contribution in [-0.4, -0.2) is 18.4 Å². The number of hydrogen-bond donors (Lipinski definition) is 1. The molecule has 0 radical (unpaired) electrons. The Bertz CT molecular complexity index is 1150. The molecule has 170 valence electrons. The minimum atomic E-state index is -1.61. The molecule has 4 aromatic carbocycles. The van der Waals surface area contributed by atoms with Gasteiger partial charge in [0.15, 0.2) is 0 Å². The van der Waals surface area contributed by atoms with Crippen LogP contribution in [0.4, 0.5) is 0 Å². The van der Waals surface area contributed by atoms with Gasteiger partial charge in [0.2, 0.25) is 5.60 Å². The molecule has 0 aromatic heterocycles. The number of hydrogen-bond acceptors (Lipinski definition) is 3. The van der Waals surface area contributed by atoms with Crippen molar-refractivity contribution in [2.24, 2.45) is 0 Å². The fraction of sp³-hybridized carbons (Fsp3) is 0.133. The van der Waals surface area contributed by atoms with Crippen LogP contribution in [0.15, 0.2) is 121 Å². The largest absolute Gasteiger partial charge is 0.439 e. The van der Waals surface area contributed by atoms with E-state index < -0.39 is 11.6 Å². The lowest BCUT2D eigenvalue weighted by atomic mass is 9.84. The predicted molar refractivity (Wildman–Crippen MR) is 133 cm³/mol. The summed E-state index contributed by atoms with van der Waals surface area (Å²) >= 11 is 0. The van der Waals surface area contributed by atoms with Crippen molar-refractivity contribution in [1.29, 1.82) is 0 Å². The van der Waals surface area contributed by atoms with E-state index in [2.05, 4.69) is 5.32 Å². The van der Waals surface area contributed by atoms with Crippen molar-refractivity contribution in [3.63, 3.8) is 0 Å². The Morgan fingerprint density at radius 2 is 1.06 bits per heavy atom. The second-order valence-corrected chi connectivity index (χ2v) is 8.04. The minimum absolute atomic E-state index is 0.0690. The highest BCUT2D eigenvalue weighted by Crippen LogP contribution is 2.35. The smallest absolute Gasteiger partial charge is 0.312 e. The van der Waals surface area contributed by atoms with Gasteiger partial charge in [0.25, 0.3) is 5.91 Å². The summed E-state index contributed by atoms with van der Waals surface area (Å²) in [4.78, 5) is 27.0. The zero-order valence-corrected chi connectivity index (χ0v) is 18.9. The Kier molecular flexibility index (Phi) is 7.51. The van der Waals surface area contributed by atoms with E-state index in [0.717, 1.165) is 11.1 Å².